The minimum absolute atomic E-state index is 0.320. The lowest BCUT2D eigenvalue weighted by Crippen LogP contribution is -2.40. The zero-order valence-electron chi connectivity index (χ0n) is 10.4. The molecule has 1 heterocycles. The first-order chi connectivity index (χ1) is 8.10. The van der Waals surface area contributed by atoms with E-state index in [4.69, 9.17) is 4.74 Å². The highest BCUT2D eigenvalue weighted by atomic mass is 19.1. The Morgan fingerprint density at radius 3 is 2.88 bits per heavy atom. The number of ether oxygens (including phenoxy) is 1. The molecular weight excluding hydrogens is 219 g/mol. The Morgan fingerprint density at radius 1 is 1.47 bits per heavy atom. The van der Waals surface area contributed by atoms with Crippen molar-refractivity contribution in [3.63, 3.8) is 0 Å². The lowest BCUT2D eigenvalue weighted by atomic mass is 9.83. The molecule has 0 spiro atoms. The van der Waals surface area contributed by atoms with Crippen molar-refractivity contribution in [2.45, 2.75) is 51.2 Å². The van der Waals surface area contributed by atoms with Crippen LogP contribution < -0.4 is 4.74 Å². The van der Waals surface area contributed by atoms with Crippen LogP contribution in [0.4, 0.5) is 4.39 Å². The molecule has 2 nitrogen and oxygen atoms in total. The van der Waals surface area contributed by atoms with Crippen LogP contribution in [-0.4, -0.2) is 10.7 Å². The number of halogens is 1. The fourth-order valence-corrected chi connectivity index (χ4v) is 2.61. The number of fused-ring (bicyclic) bond motifs is 1. The van der Waals surface area contributed by atoms with E-state index in [2.05, 4.69) is 6.92 Å². The molecule has 0 aromatic heterocycles. The molecule has 1 aromatic carbocycles. The summed E-state index contributed by atoms with van der Waals surface area (Å²) in [5.41, 5.74) is 0.362. The maximum absolute atomic E-state index is 13.2. The smallest absolute Gasteiger partial charge is 0.128 e. The number of hydrogen-bond acceptors (Lipinski definition) is 2. The lowest BCUT2D eigenvalue weighted by Gasteiger charge is -2.40. The molecule has 0 bridgehead atoms. The SMILES string of the molecule is CCCC1(CC)CC(O)c2ccc(F)cc2O1. The summed E-state index contributed by atoms with van der Waals surface area (Å²) in [6.45, 7) is 4.14. The molecule has 2 rings (SSSR count). The van der Waals surface area contributed by atoms with Crippen LogP contribution in [0.25, 0.3) is 0 Å². The van der Waals surface area contributed by atoms with Crippen molar-refractivity contribution in [1.82, 2.24) is 0 Å². The van der Waals surface area contributed by atoms with Crippen molar-refractivity contribution in [2.24, 2.45) is 0 Å². The van der Waals surface area contributed by atoms with Gasteiger partial charge >= 0.3 is 0 Å². The Kier molecular flexibility index (Phi) is 3.38. The van der Waals surface area contributed by atoms with E-state index in [1.165, 1.54) is 12.1 Å². The normalized spacial score (nSPS) is 27.4. The van der Waals surface area contributed by atoms with Crippen molar-refractivity contribution in [3.8, 4) is 5.75 Å². The van der Waals surface area contributed by atoms with Gasteiger partial charge in [0.2, 0.25) is 0 Å². The molecule has 1 aromatic rings. The van der Waals surface area contributed by atoms with E-state index in [1.54, 1.807) is 6.07 Å². The highest BCUT2D eigenvalue weighted by molar-refractivity contribution is 5.38. The van der Waals surface area contributed by atoms with Crippen LogP contribution in [0.1, 0.15) is 51.2 Å². The molecule has 0 radical (unpaired) electrons. The fourth-order valence-electron chi connectivity index (χ4n) is 2.61. The zero-order valence-corrected chi connectivity index (χ0v) is 10.4. The second-order valence-electron chi connectivity index (χ2n) is 4.79. The van der Waals surface area contributed by atoms with Crippen LogP contribution in [0, 0.1) is 5.82 Å². The Balaban J connectivity index is 2.36. The molecule has 0 aliphatic carbocycles. The van der Waals surface area contributed by atoms with E-state index >= 15 is 0 Å². The second kappa shape index (κ2) is 4.65. The van der Waals surface area contributed by atoms with Gasteiger partial charge < -0.3 is 9.84 Å². The van der Waals surface area contributed by atoms with E-state index in [9.17, 15) is 9.50 Å². The standard InChI is InChI=1S/C14H19FO2/c1-3-7-14(4-2)9-12(16)11-6-5-10(15)8-13(11)17-14/h5-6,8,12,16H,3-4,7,9H2,1-2H3. The summed E-state index contributed by atoms with van der Waals surface area (Å²) in [6.07, 6.45) is 2.75. The zero-order chi connectivity index (χ0) is 12.5. The van der Waals surface area contributed by atoms with Crippen molar-refractivity contribution in [2.75, 3.05) is 0 Å². The lowest BCUT2D eigenvalue weighted by molar-refractivity contribution is -0.0234. The summed E-state index contributed by atoms with van der Waals surface area (Å²) in [7, 11) is 0. The number of rotatable bonds is 3. The first kappa shape index (κ1) is 12.4. The number of benzene rings is 1. The van der Waals surface area contributed by atoms with Crippen LogP contribution in [-0.2, 0) is 0 Å². The van der Waals surface area contributed by atoms with Gasteiger partial charge in [0.15, 0.2) is 0 Å². The highest BCUT2D eigenvalue weighted by Crippen LogP contribution is 2.43. The average Bonchev–Trinajstić information content (AvgIpc) is 2.28. The maximum Gasteiger partial charge on any atom is 0.128 e. The summed E-state index contributed by atoms with van der Waals surface area (Å²) >= 11 is 0. The maximum atomic E-state index is 13.2. The average molecular weight is 238 g/mol. The van der Waals surface area contributed by atoms with Gasteiger partial charge in [-0.3, -0.25) is 0 Å². The van der Waals surface area contributed by atoms with Gasteiger partial charge in [-0.05, 0) is 25.0 Å². The predicted molar refractivity (Wildman–Crippen MR) is 64.5 cm³/mol. The first-order valence-corrected chi connectivity index (χ1v) is 6.27. The summed E-state index contributed by atoms with van der Waals surface area (Å²) in [5, 5.41) is 10.1. The molecular formula is C14H19FO2. The van der Waals surface area contributed by atoms with Crippen LogP contribution in [0.2, 0.25) is 0 Å². The molecule has 0 saturated heterocycles. The molecule has 2 unspecified atom stereocenters. The Labute approximate surface area is 101 Å². The third-order valence-electron chi connectivity index (χ3n) is 3.58. The summed E-state index contributed by atoms with van der Waals surface area (Å²) in [6, 6.07) is 4.35. The minimum atomic E-state index is -0.550. The van der Waals surface area contributed by atoms with E-state index in [0.717, 1.165) is 19.3 Å². The molecule has 0 amide bonds. The number of aliphatic hydroxyl groups excluding tert-OH is 1. The van der Waals surface area contributed by atoms with Crippen molar-refractivity contribution in [1.29, 1.82) is 0 Å². The summed E-state index contributed by atoms with van der Waals surface area (Å²) in [4.78, 5) is 0. The van der Waals surface area contributed by atoms with Gasteiger partial charge in [-0.2, -0.15) is 0 Å². The number of aliphatic hydroxyl groups is 1. The molecule has 2 atom stereocenters. The third kappa shape index (κ3) is 2.29. The number of hydrogen-bond donors (Lipinski definition) is 1. The molecule has 94 valence electrons. The first-order valence-electron chi connectivity index (χ1n) is 6.27. The fraction of sp³-hybridized carbons (Fsp3) is 0.571. The summed E-state index contributed by atoms with van der Waals surface area (Å²) in [5.74, 6) is 0.179. The van der Waals surface area contributed by atoms with Crippen LogP contribution >= 0.6 is 0 Å². The predicted octanol–water partition coefficient (Wildman–Crippen LogP) is 3.59. The van der Waals surface area contributed by atoms with Gasteiger partial charge in [-0.25, -0.2) is 4.39 Å². The molecule has 1 aliphatic heterocycles. The topological polar surface area (TPSA) is 29.5 Å². The Bertz CT molecular complexity index is 405. The summed E-state index contributed by atoms with van der Waals surface area (Å²) < 4.78 is 19.2. The quantitative estimate of drug-likeness (QED) is 0.872. The monoisotopic (exact) mass is 238 g/mol. The van der Waals surface area contributed by atoms with Crippen LogP contribution in [0.5, 0.6) is 5.75 Å². The van der Waals surface area contributed by atoms with E-state index in [1.807, 2.05) is 6.92 Å². The van der Waals surface area contributed by atoms with Crippen LogP contribution in [0.15, 0.2) is 18.2 Å². The molecule has 1 N–H and O–H groups in total. The van der Waals surface area contributed by atoms with E-state index in [-0.39, 0.29) is 11.4 Å². The third-order valence-corrected chi connectivity index (χ3v) is 3.58. The van der Waals surface area contributed by atoms with Crippen LogP contribution in [0.3, 0.4) is 0 Å². The van der Waals surface area contributed by atoms with Gasteiger partial charge in [-0.1, -0.05) is 20.3 Å². The Hall–Kier alpha value is -1.09. The molecule has 0 fully saturated rings. The van der Waals surface area contributed by atoms with Gasteiger partial charge in [0.05, 0.1) is 6.10 Å². The van der Waals surface area contributed by atoms with Crippen molar-refractivity contribution >= 4 is 0 Å². The highest BCUT2D eigenvalue weighted by Gasteiger charge is 2.38. The Morgan fingerprint density at radius 2 is 2.24 bits per heavy atom. The van der Waals surface area contributed by atoms with E-state index < -0.39 is 6.10 Å². The molecule has 17 heavy (non-hydrogen) atoms. The van der Waals surface area contributed by atoms with Gasteiger partial charge in [0.1, 0.15) is 17.2 Å². The van der Waals surface area contributed by atoms with Crippen molar-refractivity contribution < 1.29 is 14.2 Å². The van der Waals surface area contributed by atoms with Gasteiger partial charge in [0.25, 0.3) is 0 Å². The van der Waals surface area contributed by atoms with Gasteiger partial charge in [0, 0.05) is 18.1 Å². The van der Waals surface area contributed by atoms with Gasteiger partial charge in [-0.15, -0.1) is 0 Å². The second-order valence-corrected chi connectivity index (χ2v) is 4.79. The van der Waals surface area contributed by atoms with E-state index in [0.29, 0.717) is 17.7 Å². The largest absolute Gasteiger partial charge is 0.487 e. The van der Waals surface area contributed by atoms with Crippen molar-refractivity contribution in [3.05, 3.63) is 29.6 Å². The minimum Gasteiger partial charge on any atom is -0.487 e. The molecule has 1 aliphatic rings. The molecule has 3 heteroatoms. The molecule has 0 saturated carbocycles.